The smallest absolute Gasteiger partial charge is 0.169 e. The monoisotopic (exact) mass is 281 g/mol. The fourth-order valence-corrected chi connectivity index (χ4v) is 2.45. The van der Waals surface area contributed by atoms with Gasteiger partial charge in [0.1, 0.15) is 0 Å². The molecule has 0 bridgehead atoms. The first-order valence-electron chi connectivity index (χ1n) is 7.78. The zero-order chi connectivity index (χ0) is 14.8. The molecule has 3 heteroatoms. The van der Waals surface area contributed by atoms with Crippen LogP contribution in [0.2, 0.25) is 0 Å². The lowest BCUT2D eigenvalue weighted by Gasteiger charge is -2.14. The number of nitrogens with two attached hydrogens (primary N) is 1. The molecule has 0 amide bonds. The second-order valence-corrected chi connectivity index (χ2v) is 5.38. The molecule has 2 nitrogen and oxygen atoms in total. The minimum Gasteiger partial charge on any atom is -0.494 e. The van der Waals surface area contributed by atoms with Crippen LogP contribution in [0.4, 0.5) is 4.39 Å². The Labute approximate surface area is 122 Å². The number of ether oxygens (including phenoxy) is 1. The van der Waals surface area contributed by atoms with Crippen molar-refractivity contribution in [3.8, 4) is 5.75 Å². The molecular formula is C17H28FNO. The van der Waals surface area contributed by atoms with Gasteiger partial charge in [-0.15, -0.1) is 0 Å². The maximum absolute atomic E-state index is 14.0. The summed E-state index contributed by atoms with van der Waals surface area (Å²) in [6.45, 7) is 2.22. The van der Waals surface area contributed by atoms with Gasteiger partial charge in [0.15, 0.2) is 11.6 Å². The first-order chi connectivity index (χ1) is 9.70. The van der Waals surface area contributed by atoms with E-state index in [1.165, 1.54) is 45.6 Å². The Kier molecular flexibility index (Phi) is 8.28. The minimum atomic E-state index is -0.314. The maximum Gasteiger partial charge on any atom is 0.169 e. The van der Waals surface area contributed by atoms with Crippen molar-refractivity contribution in [2.24, 2.45) is 5.73 Å². The molecule has 20 heavy (non-hydrogen) atoms. The molecule has 1 atom stereocenters. The van der Waals surface area contributed by atoms with Gasteiger partial charge in [0, 0.05) is 11.6 Å². The average molecular weight is 281 g/mol. The van der Waals surface area contributed by atoms with Crippen molar-refractivity contribution in [3.05, 3.63) is 29.6 Å². The Morgan fingerprint density at radius 3 is 2.40 bits per heavy atom. The SMILES string of the molecule is CCCCCCCCCC(N)c1cccc(OC)c1F. The number of hydrogen-bond donors (Lipinski definition) is 1. The summed E-state index contributed by atoms with van der Waals surface area (Å²) in [5.74, 6) is -0.0389. The largest absolute Gasteiger partial charge is 0.494 e. The number of unbranched alkanes of at least 4 members (excludes halogenated alkanes) is 6. The minimum absolute atomic E-state index is 0.235. The Bertz CT molecular complexity index is 381. The van der Waals surface area contributed by atoms with Crippen molar-refractivity contribution in [2.75, 3.05) is 7.11 Å². The first-order valence-corrected chi connectivity index (χ1v) is 7.78. The standard InChI is InChI=1S/C17H28FNO/c1-3-4-5-6-7-8-9-12-15(19)14-11-10-13-16(20-2)17(14)18/h10-11,13,15H,3-9,12,19H2,1-2H3. The van der Waals surface area contributed by atoms with E-state index in [9.17, 15) is 4.39 Å². The summed E-state index contributed by atoms with van der Waals surface area (Å²) in [4.78, 5) is 0. The number of benzene rings is 1. The highest BCUT2D eigenvalue weighted by Crippen LogP contribution is 2.26. The molecule has 1 aromatic carbocycles. The van der Waals surface area contributed by atoms with Crippen LogP contribution in [-0.4, -0.2) is 7.11 Å². The van der Waals surface area contributed by atoms with Crippen molar-refractivity contribution >= 4 is 0 Å². The first kappa shape index (κ1) is 17.0. The van der Waals surface area contributed by atoms with Gasteiger partial charge < -0.3 is 10.5 Å². The Hall–Kier alpha value is -1.09. The van der Waals surface area contributed by atoms with E-state index >= 15 is 0 Å². The van der Waals surface area contributed by atoms with Gasteiger partial charge in [-0.2, -0.15) is 0 Å². The van der Waals surface area contributed by atoms with E-state index in [1.807, 2.05) is 0 Å². The molecule has 0 heterocycles. The Morgan fingerprint density at radius 1 is 1.10 bits per heavy atom. The van der Waals surface area contributed by atoms with Crippen LogP contribution in [0, 0.1) is 5.82 Å². The second kappa shape index (κ2) is 9.76. The zero-order valence-electron chi connectivity index (χ0n) is 12.8. The van der Waals surface area contributed by atoms with Crippen molar-refractivity contribution in [2.45, 2.75) is 64.3 Å². The Morgan fingerprint density at radius 2 is 1.75 bits per heavy atom. The topological polar surface area (TPSA) is 35.2 Å². The van der Waals surface area contributed by atoms with Crippen LogP contribution in [-0.2, 0) is 0 Å². The fourth-order valence-electron chi connectivity index (χ4n) is 2.45. The predicted octanol–water partition coefficient (Wildman–Crippen LogP) is 4.97. The van der Waals surface area contributed by atoms with Crippen LogP contribution in [0.25, 0.3) is 0 Å². The van der Waals surface area contributed by atoms with E-state index in [4.69, 9.17) is 10.5 Å². The molecule has 0 aliphatic rings. The molecule has 114 valence electrons. The number of halogens is 1. The molecule has 0 spiro atoms. The van der Waals surface area contributed by atoms with Crippen LogP contribution in [0.15, 0.2) is 18.2 Å². The lowest BCUT2D eigenvalue weighted by molar-refractivity contribution is 0.381. The van der Waals surface area contributed by atoms with Gasteiger partial charge >= 0.3 is 0 Å². The summed E-state index contributed by atoms with van der Waals surface area (Å²) in [7, 11) is 1.48. The second-order valence-electron chi connectivity index (χ2n) is 5.38. The van der Waals surface area contributed by atoms with Gasteiger partial charge in [-0.25, -0.2) is 4.39 Å². The summed E-state index contributed by atoms with van der Waals surface area (Å²) in [5, 5.41) is 0. The van der Waals surface area contributed by atoms with Crippen molar-refractivity contribution in [1.29, 1.82) is 0 Å². The molecular weight excluding hydrogens is 253 g/mol. The molecule has 1 unspecified atom stereocenters. The van der Waals surface area contributed by atoms with Crippen molar-refractivity contribution in [3.63, 3.8) is 0 Å². The summed E-state index contributed by atoms with van der Waals surface area (Å²) < 4.78 is 19.0. The molecule has 0 fully saturated rings. The molecule has 0 saturated carbocycles. The molecule has 1 aromatic rings. The van der Waals surface area contributed by atoms with Gasteiger partial charge in [0.2, 0.25) is 0 Å². The van der Waals surface area contributed by atoms with Gasteiger partial charge in [0.25, 0.3) is 0 Å². The average Bonchev–Trinajstić information content (AvgIpc) is 2.46. The molecule has 0 aliphatic heterocycles. The molecule has 1 rings (SSSR count). The van der Waals surface area contributed by atoms with Gasteiger partial charge in [-0.05, 0) is 12.5 Å². The van der Waals surface area contributed by atoms with Gasteiger partial charge in [-0.1, -0.05) is 64.0 Å². The van der Waals surface area contributed by atoms with Crippen LogP contribution in [0.3, 0.4) is 0 Å². The lowest BCUT2D eigenvalue weighted by Crippen LogP contribution is -2.12. The third-order valence-corrected chi connectivity index (χ3v) is 3.73. The third-order valence-electron chi connectivity index (χ3n) is 3.73. The molecule has 0 aliphatic carbocycles. The van der Waals surface area contributed by atoms with Gasteiger partial charge in [-0.3, -0.25) is 0 Å². The number of methoxy groups -OCH3 is 1. The van der Waals surface area contributed by atoms with Crippen LogP contribution < -0.4 is 10.5 Å². The summed E-state index contributed by atoms with van der Waals surface area (Å²) in [5.41, 5.74) is 6.65. The fraction of sp³-hybridized carbons (Fsp3) is 0.647. The van der Waals surface area contributed by atoms with Crippen LogP contribution >= 0.6 is 0 Å². The lowest BCUT2D eigenvalue weighted by atomic mass is 9.99. The quantitative estimate of drug-likeness (QED) is 0.614. The van der Waals surface area contributed by atoms with E-state index in [2.05, 4.69) is 6.92 Å². The number of hydrogen-bond acceptors (Lipinski definition) is 2. The van der Waals surface area contributed by atoms with Crippen LogP contribution in [0.5, 0.6) is 5.75 Å². The van der Waals surface area contributed by atoms with Crippen molar-refractivity contribution in [1.82, 2.24) is 0 Å². The van der Waals surface area contributed by atoms with Crippen LogP contribution in [0.1, 0.15) is 69.9 Å². The van der Waals surface area contributed by atoms with E-state index < -0.39 is 0 Å². The predicted molar refractivity (Wildman–Crippen MR) is 82.5 cm³/mol. The van der Waals surface area contributed by atoms with Gasteiger partial charge in [0.05, 0.1) is 7.11 Å². The highest BCUT2D eigenvalue weighted by molar-refractivity contribution is 5.32. The zero-order valence-corrected chi connectivity index (χ0v) is 12.8. The van der Waals surface area contributed by atoms with E-state index in [0.717, 1.165) is 12.8 Å². The summed E-state index contributed by atoms with van der Waals surface area (Å²) in [6.07, 6.45) is 9.57. The van der Waals surface area contributed by atoms with Crippen molar-refractivity contribution < 1.29 is 9.13 Å². The highest BCUT2D eigenvalue weighted by atomic mass is 19.1. The Balaban J connectivity index is 2.31. The summed E-state index contributed by atoms with van der Waals surface area (Å²) in [6, 6.07) is 4.94. The van der Waals surface area contributed by atoms with E-state index in [-0.39, 0.29) is 17.6 Å². The molecule has 0 aromatic heterocycles. The highest BCUT2D eigenvalue weighted by Gasteiger charge is 2.14. The normalized spacial score (nSPS) is 12.4. The molecule has 2 N–H and O–H groups in total. The van der Waals surface area contributed by atoms with E-state index in [1.54, 1.807) is 18.2 Å². The molecule has 0 saturated heterocycles. The summed E-state index contributed by atoms with van der Waals surface area (Å²) >= 11 is 0. The number of rotatable bonds is 10. The third kappa shape index (κ3) is 5.49. The molecule has 0 radical (unpaired) electrons. The maximum atomic E-state index is 14.0. The van der Waals surface area contributed by atoms with E-state index in [0.29, 0.717) is 5.56 Å².